The van der Waals surface area contributed by atoms with Crippen molar-refractivity contribution >= 4 is 16.8 Å². The summed E-state index contributed by atoms with van der Waals surface area (Å²) >= 11 is 0. The van der Waals surface area contributed by atoms with E-state index in [9.17, 15) is 4.79 Å². The molecule has 0 radical (unpaired) electrons. The Hall–Kier alpha value is -3.73. The van der Waals surface area contributed by atoms with Crippen LogP contribution in [0.2, 0.25) is 0 Å². The molecule has 37 heavy (non-hydrogen) atoms. The Kier molecular flexibility index (Phi) is 6.60. The zero-order valence-electron chi connectivity index (χ0n) is 21.4. The van der Waals surface area contributed by atoms with E-state index in [1.165, 1.54) is 22.0 Å². The first kappa shape index (κ1) is 23.7. The lowest BCUT2D eigenvalue weighted by atomic mass is 9.86. The monoisotopic (exact) mass is 494 g/mol. The van der Waals surface area contributed by atoms with E-state index < -0.39 is 0 Å². The molecule has 2 aliphatic rings. The van der Waals surface area contributed by atoms with Crippen LogP contribution in [0, 0.1) is 5.92 Å². The van der Waals surface area contributed by atoms with Gasteiger partial charge in [0.2, 0.25) is 12.7 Å². The summed E-state index contributed by atoms with van der Waals surface area (Å²) in [6.45, 7) is 4.08. The number of carbonyl (C=O) groups excluding carboxylic acids is 1. The minimum absolute atomic E-state index is 0.0649. The fraction of sp³-hybridized carbons (Fsp3) is 0.344. The summed E-state index contributed by atoms with van der Waals surface area (Å²) in [5.74, 6) is 2.32. The highest BCUT2D eigenvalue weighted by molar-refractivity contribution is 5.88. The highest BCUT2D eigenvalue weighted by Crippen LogP contribution is 2.40. The molecule has 3 heterocycles. The van der Waals surface area contributed by atoms with Gasteiger partial charge < -0.3 is 19.4 Å². The van der Waals surface area contributed by atoms with Crippen LogP contribution in [0.15, 0.2) is 72.9 Å². The van der Waals surface area contributed by atoms with Gasteiger partial charge >= 0.3 is 0 Å². The minimum Gasteiger partial charge on any atom is -0.454 e. The van der Waals surface area contributed by atoms with Crippen LogP contribution in [0.3, 0.4) is 0 Å². The van der Waals surface area contributed by atoms with Crippen LogP contribution in [-0.4, -0.2) is 35.7 Å². The van der Waals surface area contributed by atoms with E-state index in [2.05, 4.69) is 83.7 Å². The van der Waals surface area contributed by atoms with Crippen LogP contribution < -0.4 is 9.47 Å². The number of ether oxygens (including phenoxy) is 2. The predicted octanol–water partition coefficient (Wildman–Crippen LogP) is 6.46. The second-order valence-corrected chi connectivity index (χ2v) is 10.3. The van der Waals surface area contributed by atoms with E-state index in [0.717, 1.165) is 61.4 Å². The summed E-state index contributed by atoms with van der Waals surface area (Å²) in [6.07, 6.45) is 6.70. The van der Waals surface area contributed by atoms with Crippen LogP contribution in [0.25, 0.3) is 10.9 Å². The van der Waals surface area contributed by atoms with Gasteiger partial charge in [0.15, 0.2) is 11.5 Å². The van der Waals surface area contributed by atoms with Crippen LogP contribution in [-0.2, 0) is 17.6 Å². The second kappa shape index (κ2) is 10.3. The topological polar surface area (TPSA) is 54.6 Å². The Morgan fingerprint density at radius 2 is 1.81 bits per heavy atom. The number of hydrogen-bond donors (Lipinski definition) is 1. The number of rotatable bonds is 7. The summed E-state index contributed by atoms with van der Waals surface area (Å²) in [5, 5.41) is 1.19. The van der Waals surface area contributed by atoms with E-state index in [0.29, 0.717) is 12.3 Å². The number of likely N-dealkylation sites (tertiary alicyclic amines) is 1. The Balaban J connectivity index is 1.23. The number of H-pyrrole nitrogens is 1. The molecule has 0 aliphatic carbocycles. The lowest BCUT2D eigenvalue weighted by molar-refractivity contribution is -0.132. The van der Waals surface area contributed by atoms with Gasteiger partial charge in [0, 0.05) is 42.5 Å². The number of aryl methyl sites for hydroxylation is 1. The van der Waals surface area contributed by atoms with E-state index in [-0.39, 0.29) is 18.6 Å². The first-order valence-electron chi connectivity index (χ1n) is 13.5. The van der Waals surface area contributed by atoms with Crippen molar-refractivity contribution in [2.75, 3.05) is 19.9 Å². The van der Waals surface area contributed by atoms with Gasteiger partial charge in [0.05, 0.1) is 0 Å². The van der Waals surface area contributed by atoms with Gasteiger partial charge in [-0.2, -0.15) is 0 Å². The number of nitrogens with one attached hydrogen (secondary N) is 1. The van der Waals surface area contributed by atoms with Crippen molar-refractivity contribution in [2.45, 2.75) is 44.9 Å². The molecule has 1 aromatic heterocycles. The fourth-order valence-corrected chi connectivity index (χ4v) is 6.00. The van der Waals surface area contributed by atoms with E-state index >= 15 is 0 Å². The number of amides is 1. The van der Waals surface area contributed by atoms with Crippen molar-refractivity contribution in [3.8, 4) is 11.5 Å². The van der Waals surface area contributed by atoms with Gasteiger partial charge in [-0.3, -0.25) is 4.79 Å². The number of benzene rings is 3. The Bertz CT molecular complexity index is 1390. The maximum atomic E-state index is 13.7. The highest BCUT2D eigenvalue weighted by Gasteiger charge is 2.29. The maximum Gasteiger partial charge on any atom is 0.231 e. The third-order valence-electron chi connectivity index (χ3n) is 8.10. The van der Waals surface area contributed by atoms with Gasteiger partial charge in [-0.05, 0) is 66.0 Å². The van der Waals surface area contributed by atoms with Crippen LogP contribution in [0.5, 0.6) is 11.5 Å². The number of carbonyl (C=O) groups is 1. The lowest BCUT2D eigenvalue weighted by Gasteiger charge is -2.33. The van der Waals surface area contributed by atoms with Crippen molar-refractivity contribution in [2.24, 2.45) is 5.92 Å². The molecule has 6 rings (SSSR count). The molecule has 1 amide bonds. The minimum atomic E-state index is -0.0649. The molecule has 5 heteroatoms. The predicted molar refractivity (Wildman–Crippen MR) is 146 cm³/mol. The lowest BCUT2D eigenvalue weighted by Crippen LogP contribution is -2.39. The van der Waals surface area contributed by atoms with Crippen molar-refractivity contribution < 1.29 is 14.3 Å². The standard InChI is InChI=1S/C32H34N2O3/c1-2-24-9-6-10-26-28(20-33-32(24)26)27(25-11-12-29-30(18-25)37-21-36-29)19-31(35)34-15-13-23(14-16-34)17-22-7-4-3-5-8-22/h3-12,18,20,23,27,33H,2,13-17,19,21H2,1H3. The summed E-state index contributed by atoms with van der Waals surface area (Å²) in [7, 11) is 0. The summed E-state index contributed by atoms with van der Waals surface area (Å²) in [4.78, 5) is 19.3. The fourth-order valence-electron chi connectivity index (χ4n) is 6.00. The Morgan fingerprint density at radius 3 is 2.62 bits per heavy atom. The molecule has 4 aromatic rings. The Labute approximate surface area is 218 Å². The van der Waals surface area contributed by atoms with Crippen molar-refractivity contribution in [3.05, 3.63) is 95.2 Å². The Morgan fingerprint density at radius 1 is 1.00 bits per heavy atom. The largest absolute Gasteiger partial charge is 0.454 e. The second-order valence-electron chi connectivity index (χ2n) is 10.3. The molecule has 3 aromatic carbocycles. The first-order valence-corrected chi connectivity index (χ1v) is 13.5. The number of para-hydroxylation sites is 1. The third-order valence-corrected chi connectivity index (χ3v) is 8.10. The highest BCUT2D eigenvalue weighted by atomic mass is 16.7. The van der Waals surface area contributed by atoms with Gasteiger partial charge in [-0.1, -0.05) is 61.5 Å². The van der Waals surface area contributed by atoms with Gasteiger partial charge in [-0.25, -0.2) is 0 Å². The van der Waals surface area contributed by atoms with Crippen molar-refractivity contribution in [3.63, 3.8) is 0 Å². The molecular formula is C32H34N2O3. The van der Waals surface area contributed by atoms with E-state index in [4.69, 9.17) is 9.47 Å². The molecular weight excluding hydrogens is 460 g/mol. The van der Waals surface area contributed by atoms with Crippen LogP contribution >= 0.6 is 0 Å². The first-order chi connectivity index (χ1) is 18.2. The molecule has 0 saturated carbocycles. The summed E-state index contributed by atoms with van der Waals surface area (Å²) in [5.41, 5.74) is 6.09. The van der Waals surface area contributed by atoms with Crippen LogP contribution in [0.1, 0.15) is 54.4 Å². The molecule has 1 saturated heterocycles. The molecule has 1 N–H and O–H groups in total. The molecule has 0 spiro atoms. The van der Waals surface area contributed by atoms with E-state index in [1.54, 1.807) is 0 Å². The smallest absolute Gasteiger partial charge is 0.231 e. The molecule has 1 atom stereocenters. The average molecular weight is 495 g/mol. The summed E-state index contributed by atoms with van der Waals surface area (Å²) < 4.78 is 11.2. The third kappa shape index (κ3) is 4.83. The number of aromatic amines is 1. The van der Waals surface area contributed by atoms with Crippen LogP contribution in [0.4, 0.5) is 0 Å². The average Bonchev–Trinajstić information content (AvgIpc) is 3.59. The van der Waals surface area contributed by atoms with Gasteiger partial charge in [-0.15, -0.1) is 0 Å². The van der Waals surface area contributed by atoms with Crippen molar-refractivity contribution in [1.29, 1.82) is 0 Å². The number of fused-ring (bicyclic) bond motifs is 2. The van der Waals surface area contributed by atoms with Gasteiger partial charge in [0.1, 0.15) is 0 Å². The zero-order valence-corrected chi connectivity index (χ0v) is 21.4. The molecule has 5 nitrogen and oxygen atoms in total. The number of aromatic nitrogens is 1. The zero-order chi connectivity index (χ0) is 25.2. The normalized spacial score (nSPS) is 16.3. The molecule has 190 valence electrons. The van der Waals surface area contributed by atoms with Crippen molar-refractivity contribution in [1.82, 2.24) is 9.88 Å². The molecule has 1 fully saturated rings. The summed E-state index contributed by atoms with van der Waals surface area (Å²) in [6, 6.07) is 23.3. The number of piperidine rings is 1. The van der Waals surface area contributed by atoms with Gasteiger partial charge in [0.25, 0.3) is 0 Å². The number of nitrogens with zero attached hydrogens (tertiary/aromatic N) is 1. The molecule has 0 bridgehead atoms. The number of hydrogen-bond acceptors (Lipinski definition) is 3. The SMILES string of the molecule is CCc1cccc2c(C(CC(=O)N3CCC(Cc4ccccc4)CC3)c3ccc4c(c3)OCO4)c[nH]c12. The molecule has 1 unspecified atom stereocenters. The quantitative estimate of drug-likeness (QED) is 0.321. The maximum absolute atomic E-state index is 13.7. The van der Waals surface area contributed by atoms with E-state index in [1.807, 2.05) is 6.07 Å². The molecule has 2 aliphatic heterocycles.